The zero-order valence-corrected chi connectivity index (χ0v) is 12.5. The molecule has 1 nitrogen and oxygen atoms in total. The van der Waals surface area contributed by atoms with Gasteiger partial charge >= 0.3 is 0 Å². The standard InChI is InChI=1S/C17H19ClFN/c1-12(2)17(14-5-9-16(19)10-6-14)20-11-13-3-7-15(18)8-4-13/h3-10,12,17,20H,11H2,1-2H3. The minimum absolute atomic E-state index is 0.200. The predicted molar refractivity (Wildman–Crippen MR) is 82.3 cm³/mol. The number of rotatable bonds is 5. The van der Waals surface area contributed by atoms with Crippen LogP contribution in [0.2, 0.25) is 5.02 Å². The molecule has 0 aromatic heterocycles. The predicted octanol–water partition coefficient (Wildman–Crippen LogP) is 4.97. The minimum Gasteiger partial charge on any atom is -0.306 e. The summed E-state index contributed by atoms with van der Waals surface area (Å²) in [4.78, 5) is 0. The average Bonchev–Trinajstić information content (AvgIpc) is 2.43. The van der Waals surface area contributed by atoms with Crippen molar-refractivity contribution in [1.29, 1.82) is 0 Å². The van der Waals surface area contributed by atoms with Gasteiger partial charge in [0, 0.05) is 17.6 Å². The molecule has 0 saturated heterocycles. The summed E-state index contributed by atoms with van der Waals surface area (Å²) in [6, 6.07) is 14.7. The Morgan fingerprint density at radius 1 is 1.00 bits per heavy atom. The highest BCUT2D eigenvalue weighted by Crippen LogP contribution is 2.22. The molecule has 0 saturated carbocycles. The molecule has 0 radical (unpaired) electrons. The first-order valence-electron chi connectivity index (χ1n) is 6.79. The van der Waals surface area contributed by atoms with E-state index in [0.29, 0.717) is 5.92 Å². The fourth-order valence-electron chi connectivity index (χ4n) is 2.24. The van der Waals surface area contributed by atoms with Crippen LogP contribution in [0, 0.1) is 11.7 Å². The van der Waals surface area contributed by atoms with Crippen molar-refractivity contribution in [1.82, 2.24) is 5.32 Å². The first-order valence-corrected chi connectivity index (χ1v) is 7.17. The molecule has 0 bridgehead atoms. The molecule has 0 heterocycles. The van der Waals surface area contributed by atoms with Crippen molar-refractivity contribution in [3.05, 3.63) is 70.5 Å². The van der Waals surface area contributed by atoms with E-state index in [2.05, 4.69) is 19.2 Å². The Balaban J connectivity index is 2.06. The van der Waals surface area contributed by atoms with Gasteiger partial charge in [0.1, 0.15) is 5.82 Å². The Morgan fingerprint density at radius 2 is 1.60 bits per heavy atom. The average molecular weight is 292 g/mol. The number of nitrogens with one attached hydrogen (secondary N) is 1. The van der Waals surface area contributed by atoms with E-state index in [1.807, 2.05) is 36.4 Å². The zero-order valence-electron chi connectivity index (χ0n) is 11.7. The quantitative estimate of drug-likeness (QED) is 0.820. The molecule has 20 heavy (non-hydrogen) atoms. The second-order valence-corrected chi connectivity index (χ2v) is 5.72. The lowest BCUT2D eigenvalue weighted by Gasteiger charge is -2.23. The Kier molecular flexibility index (Phi) is 5.16. The monoisotopic (exact) mass is 291 g/mol. The molecule has 0 spiro atoms. The molecule has 0 aliphatic rings. The Bertz CT molecular complexity index is 534. The van der Waals surface area contributed by atoms with Crippen molar-refractivity contribution in [2.75, 3.05) is 0 Å². The van der Waals surface area contributed by atoms with E-state index < -0.39 is 0 Å². The fourth-order valence-corrected chi connectivity index (χ4v) is 2.36. The molecule has 2 rings (SSSR count). The van der Waals surface area contributed by atoms with Crippen LogP contribution in [0.15, 0.2) is 48.5 Å². The number of hydrogen-bond acceptors (Lipinski definition) is 1. The SMILES string of the molecule is CC(C)C(NCc1ccc(Cl)cc1)c1ccc(F)cc1. The van der Waals surface area contributed by atoms with Crippen LogP contribution in [0.3, 0.4) is 0 Å². The van der Waals surface area contributed by atoms with Crippen molar-refractivity contribution in [2.45, 2.75) is 26.4 Å². The van der Waals surface area contributed by atoms with Crippen LogP contribution in [0.25, 0.3) is 0 Å². The molecule has 0 fully saturated rings. The van der Waals surface area contributed by atoms with Gasteiger partial charge < -0.3 is 5.32 Å². The summed E-state index contributed by atoms with van der Waals surface area (Å²) in [6.07, 6.45) is 0. The molecule has 0 aliphatic carbocycles. The number of benzene rings is 2. The Hall–Kier alpha value is -1.38. The van der Waals surface area contributed by atoms with Crippen molar-refractivity contribution in [3.63, 3.8) is 0 Å². The Labute approximate surface area is 124 Å². The van der Waals surface area contributed by atoms with Crippen LogP contribution in [0.1, 0.15) is 31.0 Å². The van der Waals surface area contributed by atoms with E-state index in [-0.39, 0.29) is 11.9 Å². The van der Waals surface area contributed by atoms with Gasteiger partial charge in [-0.25, -0.2) is 4.39 Å². The summed E-state index contributed by atoms with van der Waals surface area (Å²) in [5.74, 6) is 0.224. The van der Waals surface area contributed by atoms with Gasteiger partial charge in [0.2, 0.25) is 0 Å². The van der Waals surface area contributed by atoms with Gasteiger partial charge in [0.05, 0.1) is 0 Å². The van der Waals surface area contributed by atoms with Crippen LogP contribution in [-0.2, 0) is 6.54 Å². The second-order valence-electron chi connectivity index (χ2n) is 5.28. The van der Waals surface area contributed by atoms with Gasteiger partial charge in [0.25, 0.3) is 0 Å². The van der Waals surface area contributed by atoms with E-state index in [0.717, 1.165) is 17.1 Å². The van der Waals surface area contributed by atoms with Crippen molar-refractivity contribution in [3.8, 4) is 0 Å². The highest BCUT2D eigenvalue weighted by molar-refractivity contribution is 6.30. The lowest BCUT2D eigenvalue weighted by atomic mass is 9.96. The zero-order chi connectivity index (χ0) is 14.5. The first-order chi connectivity index (χ1) is 9.56. The van der Waals surface area contributed by atoms with Crippen LogP contribution in [-0.4, -0.2) is 0 Å². The molecular weight excluding hydrogens is 273 g/mol. The summed E-state index contributed by atoms with van der Waals surface area (Å²) in [7, 11) is 0. The first kappa shape index (κ1) is 15.0. The fraction of sp³-hybridized carbons (Fsp3) is 0.294. The van der Waals surface area contributed by atoms with E-state index >= 15 is 0 Å². The van der Waals surface area contributed by atoms with Gasteiger partial charge in [-0.15, -0.1) is 0 Å². The molecule has 1 atom stereocenters. The topological polar surface area (TPSA) is 12.0 Å². The van der Waals surface area contributed by atoms with Crippen LogP contribution in [0.4, 0.5) is 4.39 Å². The molecular formula is C17H19ClFN. The summed E-state index contributed by atoms with van der Waals surface area (Å²) < 4.78 is 13.0. The summed E-state index contributed by atoms with van der Waals surface area (Å²) in [6.45, 7) is 5.07. The number of hydrogen-bond donors (Lipinski definition) is 1. The van der Waals surface area contributed by atoms with E-state index in [1.165, 1.54) is 17.7 Å². The van der Waals surface area contributed by atoms with Crippen LogP contribution < -0.4 is 5.32 Å². The Morgan fingerprint density at radius 3 is 2.15 bits per heavy atom. The third-order valence-electron chi connectivity index (χ3n) is 3.34. The summed E-state index contributed by atoms with van der Waals surface area (Å²) in [5, 5.41) is 4.27. The third kappa shape index (κ3) is 4.06. The van der Waals surface area contributed by atoms with Crippen LogP contribution >= 0.6 is 11.6 Å². The van der Waals surface area contributed by atoms with Crippen molar-refractivity contribution >= 4 is 11.6 Å². The highest BCUT2D eigenvalue weighted by atomic mass is 35.5. The van der Waals surface area contributed by atoms with Gasteiger partial charge in [-0.2, -0.15) is 0 Å². The lowest BCUT2D eigenvalue weighted by Crippen LogP contribution is -2.25. The molecule has 1 N–H and O–H groups in total. The van der Waals surface area contributed by atoms with Crippen molar-refractivity contribution < 1.29 is 4.39 Å². The molecule has 106 valence electrons. The smallest absolute Gasteiger partial charge is 0.123 e. The molecule has 2 aromatic rings. The van der Waals surface area contributed by atoms with E-state index in [4.69, 9.17) is 11.6 Å². The summed E-state index contributed by atoms with van der Waals surface area (Å²) in [5.41, 5.74) is 2.29. The van der Waals surface area contributed by atoms with Crippen molar-refractivity contribution in [2.24, 2.45) is 5.92 Å². The third-order valence-corrected chi connectivity index (χ3v) is 3.59. The summed E-state index contributed by atoms with van der Waals surface area (Å²) >= 11 is 5.88. The van der Waals surface area contributed by atoms with Gasteiger partial charge in [-0.05, 0) is 41.3 Å². The normalized spacial score (nSPS) is 12.7. The lowest BCUT2D eigenvalue weighted by molar-refractivity contribution is 0.410. The van der Waals surface area contributed by atoms with Gasteiger partial charge in [0.15, 0.2) is 0 Å². The van der Waals surface area contributed by atoms with E-state index in [9.17, 15) is 4.39 Å². The molecule has 2 aromatic carbocycles. The molecule has 0 aliphatic heterocycles. The number of halogens is 2. The maximum Gasteiger partial charge on any atom is 0.123 e. The largest absolute Gasteiger partial charge is 0.306 e. The molecule has 0 amide bonds. The minimum atomic E-state index is -0.200. The maximum atomic E-state index is 13.0. The van der Waals surface area contributed by atoms with Gasteiger partial charge in [-0.1, -0.05) is 49.7 Å². The molecule has 3 heteroatoms. The highest BCUT2D eigenvalue weighted by Gasteiger charge is 2.15. The molecule has 1 unspecified atom stereocenters. The maximum absolute atomic E-state index is 13.0. The van der Waals surface area contributed by atoms with Gasteiger partial charge in [-0.3, -0.25) is 0 Å². The van der Waals surface area contributed by atoms with Crippen LogP contribution in [0.5, 0.6) is 0 Å². The second kappa shape index (κ2) is 6.87. The van der Waals surface area contributed by atoms with E-state index in [1.54, 1.807) is 0 Å².